The third-order valence-electron chi connectivity index (χ3n) is 14.2. The summed E-state index contributed by atoms with van der Waals surface area (Å²) in [5, 5.41) is 88.9. The first kappa shape index (κ1) is 59.6. The molecule has 0 aromatic heterocycles. The Kier molecular flexibility index (Phi) is 24.0. The minimum Gasteiger partial charge on any atom is -0.508 e. The molecule has 3 aliphatic rings. The summed E-state index contributed by atoms with van der Waals surface area (Å²) >= 11 is 0. The first-order valence-corrected chi connectivity index (χ1v) is 25.9. The van der Waals surface area contributed by atoms with Crippen LogP contribution in [-0.2, 0) is 33.6 Å². The number of amides is 7. The molecule has 406 valence electrons. The normalized spacial score (nSPS) is 28.3. The van der Waals surface area contributed by atoms with Crippen LogP contribution in [0, 0.1) is 11.8 Å². The van der Waals surface area contributed by atoms with Crippen molar-refractivity contribution in [1.82, 2.24) is 36.4 Å². The molecule has 3 aliphatic heterocycles. The van der Waals surface area contributed by atoms with E-state index in [-0.39, 0.29) is 63.1 Å². The van der Waals surface area contributed by atoms with Crippen LogP contribution >= 0.6 is 0 Å². The van der Waals surface area contributed by atoms with Gasteiger partial charge in [-0.15, -0.1) is 0 Å². The summed E-state index contributed by atoms with van der Waals surface area (Å²) in [6.07, 6.45) is -3.04. The number of fused-ring (bicyclic) bond motifs is 2. The fourth-order valence-corrected chi connectivity index (χ4v) is 9.76. The zero-order valence-electron chi connectivity index (χ0n) is 42.3. The first-order chi connectivity index (χ1) is 34.2. The summed E-state index contributed by atoms with van der Waals surface area (Å²) in [4.78, 5) is 101. The molecular weight excluding hydrogens is 937 g/mol. The molecule has 22 heteroatoms. The fraction of sp³-hybridized carbons (Fsp3) is 0.740. The largest absolute Gasteiger partial charge is 0.508 e. The monoisotopic (exact) mass is 1020 g/mol. The van der Waals surface area contributed by atoms with Crippen molar-refractivity contribution in [3.05, 3.63) is 29.8 Å². The van der Waals surface area contributed by atoms with Gasteiger partial charge in [0, 0.05) is 32.4 Å². The molecule has 22 nitrogen and oxygen atoms in total. The van der Waals surface area contributed by atoms with E-state index in [1.165, 1.54) is 37.6 Å². The van der Waals surface area contributed by atoms with Gasteiger partial charge in [-0.3, -0.25) is 33.6 Å². The van der Waals surface area contributed by atoms with Crippen LogP contribution in [0.4, 0.5) is 0 Å². The quantitative estimate of drug-likeness (QED) is 0.0711. The minimum absolute atomic E-state index is 0.0108. The van der Waals surface area contributed by atoms with Crippen LogP contribution in [0.25, 0.3) is 0 Å². The number of nitrogens with zero attached hydrogens (tertiary/aromatic N) is 2. The molecule has 1 aromatic rings. The summed E-state index contributed by atoms with van der Waals surface area (Å²) in [6.45, 7) is 7.48. The van der Waals surface area contributed by atoms with Crippen LogP contribution in [0.1, 0.15) is 142 Å². The average Bonchev–Trinajstić information content (AvgIpc) is 3.99. The molecule has 0 aliphatic carbocycles. The lowest BCUT2D eigenvalue weighted by Crippen LogP contribution is -2.62. The van der Waals surface area contributed by atoms with Crippen molar-refractivity contribution in [3.8, 4) is 5.75 Å². The van der Waals surface area contributed by atoms with E-state index in [4.69, 9.17) is 5.73 Å². The number of nitrogens with one attached hydrogen (secondary N) is 5. The Labute approximate surface area is 422 Å². The number of phenols is 1. The number of carbonyl (C=O) groups is 7. The Balaban J connectivity index is 1.63. The molecule has 3 heterocycles. The van der Waals surface area contributed by atoms with E-state index in [1.807, 2.05) is 0 Å². The molecule has 4 rings (SSSR count). The number of hydrogen-bond donors (Lipinski definition) is 13. The molecule has 72 heavy (non-hydrogen) atoms. The van der Waals surface area contributed by atoms with E-state index in [2.05, 4.69) is 47.4 Å². The zero-order chi connectivity index (χ0) is 53.2. The van der Waals surface area contributed by atoms with Crippen LogP contribution in [0.5, 0.6) is 5.75 Å². The van der Waals surface area contributed by atoms with Crippen LogP contribution in [-0.4, -0.2) is 173 Å². The maximum absolute atomic E-state index is 14.4. The number of nitrogens with two attached hydrogens (primary N) is 1. The highest BCUT2D eigenvalue weighted by Gasteiger charge is 2.47. The van der Waals surface area contributed by atoms with E-state index >= 15 is 0 Å². The minimum atomic E-state index is -2.17. The van der Waals surface area contributed by atoms with Gasteiger partial charge in [-0.1, -0.05) is 77.8 Å². The number of unbranched alkanes of at least 4 members (excludes halogenated alkanes) is 5. The number of aliphatic hydroxyl groups excluding tert-OH is 6. The molecule has 0 radical (unpaired) electrons. The second-order valence-electron chi connectivity index (χ2n) is 20.2. The van der Waals surface area contributed by atoms with Crippen molar-refractivity contribution < 1.29 is 69.3 Å². The highest BCUT2D eigenvalue weighted by molar-refractivity contribution is 5.98. The molecule has 14 N–H and O–H groups in total. The molecule has 7 amide bonds. The standard InChI is InChI=1S/C50H82N8O14/c1-5-28(2)25-29(3)13-10-8-6-7-9-11-15-40(65)52-33-27-39(64)47(69)56-48(70)43-37(62)21-24-58(43)50(72)42(36(61)20-22-51)55-45(67)34(26-38(63)31-16-18-32(60)19-17-31)53-46(68)35-14-12-23-57(35)49(71)41(30(4)59)54-44(33)66/h16-19,28-30,33-39,41-43,47,59-64,69H,5-15,20-27,51H2,1-4H3,(H,52,65)(H,53,68)(H,54,66)(H,55,67)(H,56,70)/t28?,29?,30-,33?,34+,35?,36-,37+,38-,39-,41?,42?,43+,47-/m1/s1. The first-order valence-electron chi connectivity index (χ1n) is 25.9. The molecule has 0 bridgehead atoms. The highest BCUT2D eigenvalue weighted by Crippen LogP contribution is 2.26. The molecule has 0 spiro atoms. The second-order valence-corrected chi connectivity index (χ2v) is 20.2. The van der Waals surface area contributed by atoms with Crippen molar-refractivity contribution in [2.45, 2.75) is 203 Å². The van der Waals surface area contributed by atoms with E-state index in [0.29, 0.717) is 18.3 Å². The molecular formula is C50H82N8O14. The number of rotatable bonds is 20. The van der Waals surface area contributed by atoms with Crippen LogP contribution in [0.15, 0.2) is 24.3 Å². The van der Waals surface area contributed by atoms with E-state index < -0.39 is 127 Å². The van der Waals surface area contributed by atoms with E-state index in [9.17, 15) is 69.3 Å². The Morgan fingerprint density at radius 2 is 1.38 bits per heavy atom. The Bertz CT molecular complexity index is 1940. The number of phenolic OH excluding ortho intramolecular Hbond substituents is 1. The predicted octanol–water partition coefficient (Wildman–Crippen LogP) is -0.809. The smallest absolute Gasteiger partial charge is 0.248 e. The molecule has 14 atom stereocenters. The summed E-state index contributed by atoms with van der Waals surface area (Å²) in [6, 6.07) is -4.61. The van der Waals surface area contributed by atoms with Crippen LogP contribution < -0.4 is 32.3 Å². The van der Waals surface area contributed by atoms with Crippen LogP contribution in [0.2, 0.25) is 0 Å². The summed E-state index contributed by atoms with van der Waals surface area (Å²) in [7, 11) is 0. The SMILES string of the molecule is CCC(C)CC(C)CCCCCCCCC(=O)NC1C[C@@H](O)[C@@H](O)NC(=O)[C@@H]2[C@@H](O)CCN2C(=O)C([C@H](O)CCN)NC(=O)[C@H](C[C@@H](O)c2ccc(O)cc2)NC(=O)C2CCCN2C(=O)C([C@@H](C)O)NC1=O. The molecule has 6 unspecified atom stereocenters. The molecule has 3 fully saturated rings. The highest BCUT2D eigenvalue weighted by atomic mass is 16.3. The van der Waals surface area contributed by atoms with Crippen molar-refractivity contribution in [2.24, 2.45) is 17.6 Å². The summed E-state index contributed by atoms with van der Waals surface area (Å²) in [5.41, 5.74) is 5.95. The Morgan fingerprint density at radius 3 is 2.03 bits per heavy atom. The lowest BCUT2D eigenvalue weighted by atomic mass is 9.91. The van der Waals surface area contributed by atoms with Gasteiger partial charge >= 0.3 is 0 Å². The van der Waals surface area contributed by atoms with Gasteiger partial charge in [0.1, 0.15) is 48.1 Å². The van der Waals surface area contributed by atoms with Gasteiger partial charge in [0.2, 0.25) is 41.4 Å². The van der Waals surface area contributed by atoms with E-state index in [1.54, 1.807) is 0 Å². The van der Waals surface area contributed by atoms with Gasteiger partial charge in [0.25, 0.3) is 0 Å². The van der Waals surface area contributed by atoms with Gasteiger partial charge in [-0.05, 0) is 81.5 Å². The lowest BCUT2D eigenvalue weighted by Gasteiger charge is -2.33. The zero-order valence-corrected chi connectivity index (χ0v) is 42.3. The Morgan fingerprint density at radius 1 is 0.736 bits per heavy atom. The Hall–Kier alpha value is -4.97. The summed E-state index contributed by atoms with van der Waals surface area (Å²) < 4.78 is 0. The second kappa shape index (κ2) is 29.1. The average molecular weight is 1020 g/mol. The third kappa shape index (κ3) is 17.3. The summed E-state index contributed by atoms with van der Waals surface area (Å²) in [5.74, 6) is -5.53. The predicted molar refractivity (Wildman–Crippen MR) is 263 cm³/mol. The number of carbonyl (C=O) groups excluding carboxylic acids is 7. The van der Waals surface area contributed by atoms with Crippen molar-refractivity contribution in [1.29, 1.82) is 0 Å². The van der Waals surface area contributed by atoms with Gasteiger partial charge in [-0.2, -0.15) is 0 Å². The van der Waals surface area contributed by atoms with Gasteiger partial charge < -0.3 is 77.9 Å². The van der Waals surface area contributed by atoms with Crippen molar-refractivity contribution in [3.63, 3.8) is 0 Å². The lowest BCUT2D eigenvalue weighted by molar-refractivity contribution is -0.148. The number of aromatic hydroxyl groups is 1. The van der Waals surface area contributed by atoms with Crippen molar-refractivity contribution in [2.75, 3.05) is 19.6 Å². The van der Waals surface area contributed by atoms with Gasteiger partial charge in [-0.25, -0.2) is 0 Å². The molecule has 0 saturated carbocycles. The molecule has 1 aromatic carbocycles. The number of hydrogen-bond acceptors (Lipinski definition) is 15. The number of aliphatic hydroxyl groups is 6. The van der Waals surface area contributed by atoms with Gasteiger partial charge in [0.05, 0.1) is 24.4 Å². The maximum atomic E-state index is 14.4. The third-order valence-corrected chi connectivity index (χ3v) is 14.2. The number of benzene rings is 1. The maximum Gasteiger partial charge on any atom is 0.248 e. The topological polar surface area (TPSA) is 354 Å². The van der Waals surface area contributed by atoms with E-state index in [0.717, 1.165) is 54.7 Å². The fourth-order valence-electron chi connectivity index (χ4n) is 9.76. The van der Waals surface area contributed by atoms with Crippen molar-refractivity contribution >= 4 is 41.4 Å². The molecule has 3 saturated heterocycles. The van der Waals surface area contributed by atoms with Crippen LogP contribution in [0.3, 0.4) is 0 Å². The van der Waals surface area contributed by atoms with Gasteiger partial charge in [0.15, 0.2) is 6.23 Å².